The van der Waals surface area contributed by atoms with Crippen LogP contribution in [0, 0.1) is 5.92 Å². The normalized spacial score (nSPS) is 18.2. The number of nitrogens with one attached hydrogen (secondary N) is 2. The molecule has 1 atom stereocenters. The van der Waals surface area contributed by atoms with Crippen LogP contribution < -0.4 is 16.6 Å². The third-order valence-corrected chi connectivity index (χ3v) is 4.98. The van der Waals surface area contributed by atoms with Crippen LogP contribution in [0.5, 0.6) is 0 Å². The number of carbonyl (C=O) groups is 1. The monoisotopic (exact) mass is 387 g/mol. The molecule has 2 N–H and O–H groups in total. The fourth-order valence-electron chi connectivity index (χ4n) is 3.62. The summed E-state index contributed by atoms with van der Waals surface area (Å²) in [5, 5.41) is 3.66. The van der Waals surface area contributed by atoms with Gasteiger partial charge >= 0.3 is 11.7 Å². The summed E-state index contributed by atoms with van der Waals surface area (Å²) in [4.78, 5) is 40.0. The van der Waals surface area contributed by atoms with E-state index in [0.717, 1.165) is 5.56 Å². The van der Waals surface area contributed by atoms with E-state index >= 15 is 0 Å². The SMILES string of the molecule is CC(C)Cn1c2c(c(=O)[nH]c1=O)[C@H](c1ccc(Cl)cc1)C1=C(COC1=O)N2. The van der Waals surface area contributed by atoms with Gasteiger partial charge in [-0.2, -0.15) is 0 Å². The van der Waals surface area contributed by atoms with Crippen LogP contribution in [0.1, 0.15) is 30.9 Å². The van der Waals surface area contributed by atoms with Crippen LogP contribution in [0.4, 0.5) is 5.82 Å². The Morgan fingerprint density at radius 3 is 2.59 bits per heavy atom. The van der Waals surface area contributed by atoms with E-state index in [9.17, 15) is 14.4 Å². The maximum absolute atomic E-state index is 12.8. The van der Waals surface area contributed by atoms with E-state index in [1.807, 2.05) is 13.8 Å². The molecule has 0 saturated heterocycles. The number of aromatic amines is 1. The molecule has 7 nitrogen and oxygen atoms in total. The summed E-state index contributed by atoms with van der Waals surface area (Å²) in [6, 6.07) is 6.96. The smallest absolute Gasteiger partial charge is 0.337 e. The molecular formula is C19H18ClN3O4. The van der Waals surface area contributed by atoms with Crippen molar-refractivity contribution in [2.75, 3.05) is 11.9 Å². The molecule has 0 unspecified atom stereocenters. The van der Waals surface area contributed by atoms with Crippen molar-refractivity contribution < 1.29 is 9.53 Å². The number of benzene rings is 1. The number of fused-ring (bicyclic) bond motifs is 1. The standard InChI is InChI=1S/C19H18ClN3O4/c1-9(2)7-23-16-15(17(24)22-19(23)26)13(10-3-5-11(20)6-4-10)14-12(21-16)8-27-18(14)25/h3-6,9,13,21H,7-8H2,1-2H3,(H,22,24,26)/t13-/m1/s1. The topological polar surface area (TPSA) is 93.2 Å². The van der Waals surface area contributed by atoms with Gasteiger partial charge in [0.1, 0.15) is 12.4 Å². The zero-order chi connectivity index (χ0) is 19.3. The minimum atomic E-state index is -0.633. The van der Waals surface area contributed by atoms with Gasteiger partial charge in [-0.25, -0.2) is 9.59 Å². The van der Waals surface area contributed by atoms with E-state index in [-0.39, 0.29) is 12.5 Å². The highest BCUT2D eigenvalue weighted by Gasteiger charge is 2.41. The number of esters is 1. The number of hydrogen-bond acceptors (Lipinski definition) is 5. The molecule has 0 bridgehead atoms. The van der Waals surface area contributed by atoms with E-state index in [2.05, 4.69) is 10.3 Å². The number of anilines is 1. The van der Waals surface area contributed by atoms with Crippen molar-refractivity contribution in [2.24, 2.45) is 5.92 Å². The van der Waals surface area contributed by atoms with Gasteiger partial charge in [-0.1, -0.05) is 37.6 Å². The summed E-state index contributed by atoms with van der Waals surface area (Å²) in [5.74, 6) is -0.504. The first-order valence-electron chi connectivity index (χ1n) is 8.66. The summed E-state index contributed by atoms with van der Waals surface area (Å²) in [6.45, 7) is 4.47. The van der Waals surface area contributed by atoms with Gasteiger partial charge < -0.3 is 10.1 Å². The summed E-state index contributed by atoms with van der Waals surface area (Å²) < 4.78 is 6.71. The summed E-state index contributed by atoms with van der Waals surface area (Å²) in [7, 11) is 0. The molecule has 2 aliphatic rings. The predicted octanol–water partition coefficient (Wildman–Crippen LogP) is 2.21. The lowest BCUT2D eigenvalue weighted by Crippen LogP contribution is -2.39. The number of hydrogen-bond donors (Lipinski definition) is 2. The highest BCUT2D eigenvalue weighted by molar-refractivity contribution is 6.30. The predicted molar refractivity (Wildman–Crippen MR) is 101 cm³/mol. The van der Waals surface area contributed by atoms with Crippen LogP contribution in [0.3, 0.4) is 0 Å². The molecule has 0 saturated carbocycles. The molecule has 8 heteroatoms. The van der Waals surface area contributed by atoms with Crippen LogP contribution in [-0.4, -0.2) is 22.1 Å². The Kier molecular flexibility index (Phi) is 4.19. The maximum atomic E-state index is 12.8. The average Bonchev–Trinajstić information content (AvgIpc) is 2.98. The minimum absolute atomic E-state index is 0.0837. The van der Waals surface area contributed by atoms with Gasteiger partial charge in [0.2, 0.25) is 0 Å². The van der Waals surface area contributed by atoms with Gasteiger partial charge in [-0.15, -0.1) is 0 Å². The van der Waals surface area contributed by atoms with Crippen LogP contribution in [0.25, 0.3) is 0 Å². The first-order chi connectivity index (χ1) is 12.9. The van der Waals surface area contributed by atoms with Gasteiger partial charge in [0.05, 0.1) is 22.8 Å². The van der Waals surface area contributed by atoms with Crippen LogP contribution in [-0.2, 0) is 16.1 Å². The summed E-state index contributed by atoms with van der Waals surface area (Å²) in [6.07, 6.45) is 0. The van der Waals surface area contributed by atoms with Gasteiger partial charge in [-0.3, -0.25) is 14.3 Å². The number of rotatable bonds is 3. The molecule has 4 rings (SSSR count). The molecule has 1 aromatic heterocycles. The number of ether oxygens (including phenoxy) is 1. The third kappa shape index (κ3) is 2.88. The second kappa shape index (κ2) is 6.42. The third-order valence-electron chi connectivity index (χ3n) is 4.73. The molecule has 0 radical (unpaired) electrons. The van der Waals surface area contributed by atoms with Crippen molar-refractivity contribution in [2.45, 2.75) is 26.3 Å². The molecular weight excluding hydrogens is 370 g/mol. The number of nitrogens with zero attached hydrogens (tertiary/aromatic N) is 1. The van der Waals surface area contributed by atoms with Crippen LogP contribution >= 0.6 is 11.6 Å². The maximum Gasteiger partial charge on any atom is 0.337 e. The number of aromatic nitrogens is 2. The Hall–Kier alpha value is -2.80. The second-order valence-corrected chi connectivity index (χ2v) is 7.54. The molecule has 0 fully saturated rings. The molecule has 140 valence electrons. The van der Waals surface area contributed by atoms with Crippen LogP contribution in [0.2, 0.25) is 5.02 Å². The summed E-state index contributed by atoms with van der Waals surface area (Å²) >= 11 is 6.00. The summed E-state index contributed by atoms with van der Waals surface area (Å²) in [5.41, 5.74) is 1.03. The van der Waals surface area contributed by atoms with Crippen LogP contribution in [0.15, 0.2) is 45.1 Å². The van der Waals surface area contributed by atoms with E-state index in [1.54, 1.807) is 24.3 Å². The van der Waals surface area contributed by atoms with Crippen molar-refractivity contribution in [1.82, 2.24) is 9.55 Å². The Morgan fingerprint density at radius 1 is 1.22 bits per heavy atom. The van der Waals surface area contributed by atoms with Gasteiger partial charge in [0, 0.05) is 11.6 Å². The lowest BCUT2D eigenvalue weighted by Gasteiger charge is -2.28. The van der Waals surface area contributed by atoms with Crippen molar-refractivity contribution >= 4 is 23.4 Å². The van der Waals surface area contributed by atoms with Gasteiger partial charge in [-0.05, 0) is 23.6 Å². The van der Waals surface area contributed by atoms with Crippen molar-refractivity contribution in [1.29, 1.82) is 0 Å². The molecule has 0 amide bonds. The highest BCUT2D eigenvalue weighted by atomic mass is 35.5. The molecule has 1 aromatic carbocycles. The van der Waals surface area contributed by atoms with Crippen molar-refractivity contribution in [3.8, 4) is 0 Å². The first kappa shape index (κ1) is 17.6. The lowest BCUT2D eigenvalue weighted by atomic mass is 9.83. The zero-order valence-corrected chi connectivity index (χ0v) is 15.6. The van der Waals surface area contributed by atoms with E-state index < -0.39 is 23.1 Å². The minimum Gasteiger partial charge on any atom is -0.456 e. The quantitative estimate of drug-likeness (QED) is 0.788. The van der Waals surface area contributed by atoms with Gasteiger partial charge in [0.25, 0.3) is 5.56 Å². The van der Waals surface area contributed by atoms with Gasteiger partial charge in [0.15, 0.2) is 0 Å². The largest absolute Gasteiger partial charge is 0.456 e. The average molecular weight is 388 g/mol. The van der Waals surface area contributed by atoms with Crippen molar-refractivity contribution in [3.63, 3.8) is 0 Å². The second-order valence-electron chi connectivity index (χ2n) is 7.10. The molecule has 0 spiro atoms. The Bertz CT molecular complexity index is 1080. The zero-order valence-electron chi connectivity index (χ0n) is 14.8. The van der Waals surface area contributed by atoms with E-state index in [4.69, 9.17) is 16.3 Å². The Morgan fingerprint density at radius 2 is 1.93 bits per heavy atom. The molecule has 3 heterocycles. The number of cyclic esters (lactones) is 1. The number of halogens is 1. The fourth-order valence-corrected chi connectivity index (χ4v) is 3.74. The highest BCUT2D eigenvalue weighted by Crippen LogP contribution is 2.42. The van der Waals surface area contributed by atoms with E-state index in [1.165, 1.54) is 4.57 Å². The Labute approximate surface area is 159 Å². The Balaban J connectivity index is 2.01. The lowest BCUT2D eigenvalue weighted by molar-refractivity contribution is -0.136. The molecule has 0 aliphatic carbocycles. The van der Waals surface area contributed by atoms with Crippen molar-refractivity contribution in [3.05, 3.63) is 72.5 Å². The molecule has 2 aromatic rings. The molecule has 2 aliphatic heterocycles. The fraction of sp³-hybridized carbons (Fsp3) is 0.316. The number of H-pyrrole nitrogens is 1. The van der Waals surface area contributed by atoms with E-state index in [0.29, 0.717) is 34.2 Å². The number of carbonyl (C=O) groups excluding carboxylic acids is 1. The first-order valence-corrected chi connectivity index (χ1v) is 9.04. The molecule has 27 heavy (non-hydrogen) atoms.